The Morgan fingerprint density at radius 3 is 2.52 bits per heavy atom. The molecule has 31 heavy (non-hydrogen) atoms. The van der Waals surface area contributed by atoms with E-state index in [1.807, 2.05) is 0 Å². The van der Waals surface area contributed by atoms with Gasteiger partial charge in [-0.25, -0.2) is 13.8 Å². The zero-order valence-corrected chi connectivity index (χ0v) is 17.7. The van der Waals surface area contributed by atoms with Crippen LogP contribution in [0.25, 0.3) is 0 Å². The Morgan fingerprint density at radius 2 is 1.87 bits per heavy atom. The van der Waals surface area contributed by atoms with E-state index in [-0.39, 0.29) is 16.3 Å². The van der Waals surface area contributed by atoms with Crippen molar-refractivity contribution < 1.29 is 27.1 Å². The molecule has 0 atom stereocenters. The van der Waals surface area contributed by atoms with E-state index in [9.17, 15) is 13.2 Å². The van der Waals surface area contributed by atoms with Crippen molar-refractivity contribution in [3.8, 4) is 11.5 Å². The topological polar surface area (TPSA) is 110 Å². The fourth-order valence-electron chi connectivity index (χ4n) is 2.71. The van der Waals surface area contributed by atoms with Crippen LogP contribution in [0.2, 0.25) is 0 Å². The van der Waals surface area contributed by atoms with Crippen LogP contribution in [0.5, 0.6) is 11.5 Å². The first-order valence-electron chi connectivity index (χ1n) is 9.11. The standard InChI is InChI=1S/C21H21N3O6S/c1-28-16-10-11-19(20(13-16)29-2)24(31(26,27)18-8-4-3-5-9-18)15-21(25)23-22-14-17-7-6-12-30-17/h3-14H,15H2,1-2H3,(H,23,25)/b22-14-. The van der Waals surface area contributed by atoms with Gasteiger partial charge in [0.25, 0.3) is 15.9 Å². The molecule has 0 fully saturated rings. The molecule has 1 heterocycles. The van der Waals surface area contributed by atoms with Gasteiger partial charge in [0.15, 0.2) is 0 Å². The summed E-state index contributed by atoms with van der Waals surface area (Å²) in [6.07, 6.45) is 2.77. The number of nitrogens with one attached hydrogen (secondary N) is 1. The summed E-state index contributed by atoms with van der Waals surface area (Å²) in [6, 6.07) is 15.8. The number of hydrogen-bond donors (Lipinski definition) is 1. The highest BCUT2D eigenvalue weighted by Gasteiger charge is 2.29. The van der Waals surface area contributed by atoms with Gasteiger partial charge in [-0.15, -0.1) is 0 Å². The summed E-state index contributed by atoms with van der Waals surface area (Å²) >= 11 is 0. The third-order valence-electron chi connectivity index (χ3n) is 4.20. The number of anilines is 1. The van der Waals surface area contributed by atoms with Gasteiger partial charge in [0.2, 0.25) is 0 Å². The van der Waals surface area contributed by atoms with Crippen molar-refractivity contribution in [1.29, 1.82) is 0 Å². The monoisotopic (exact) mass is 443 g/mol. The first kappa shape index (κ1) is 21.9. The van der Waals surface area contributed by atoms with E-state index in [1.54, 1.807) is 36.4 Å². The van der Waals surface area contributed by atoms with Crippen LogP contribution in [0.1, 0.15) is 5.76 Å². The molecule has 10 heteroatoms. The van der Waals surface area contributed by atoms with Crippen molar-refractivity contribution in [2.75, 3.05) is 25.1 Å². The largest absolute Gasteiger partial charge is 0.497 e. The molecule has 1 aromatic heterocycles. The number of benzene rings is 2. The Kier molecular flexibility index (Phi) is 6.93. The first-order valence-corrected chi connectivity index (χ1v) is 10.5. The molecule has 0 aliphatic heterocycles. The minimum absolute atomic E-state index is 0.0276. The summed E-state index contributed by atoms with van der Waals surface area (Å²) in [6.45, 7) is -0.532. The van der Waals surface area contributed by atoms with Crippen molar-refractivity contribution in [2.45, 2.75) is 4.90 Å². The number of nitrogens with zero attached hydrogens (tertiary/aromatic N) is 2. The quantitative estimate of drug-likeness (QED) is 0.402. The van der Waals surface area contributed by atoms with E-state index in [2.05, 4.69) is 10.5 Å². The molecule has 9 nitrogen and oxygen atoms in total. The maximum atomic E-state index is 13.4. The molecule has 0 unspecified atom stereocenters. The third kappa shape index (κ3) is 5.23. The van der Waals surface area contributed by atoms with Crippen molar-refractivity contribution in [3.63, 3.8) is 0 Å². The van der Waals surface area contributed by atoms with Crippen LogP contribution in [0.15, 0.2) is 81.3 Å². The van der Waals surface area contributed by atoms with Crippen molar-refractivity contribution in [2.24, 2.45) is 5.10 Å². The third-order valence-corrected chi connectivity index (χ3v) is 5.97. The predicted molar refractivity (Wildman–Crippen MR) is 115 cm³/mol. The number of rotatable bonds is 9. The normalized spacial score (nSPS) is 11.3. The summed E-state index contributed by atoms with van der Waals surface area (Å²) in [5, 5.41) is 3.79. The molecule has 0 radical (unpaired) electrons. The highest BCUT2D eigenvalue weighted by molar-refractivity contribution is 7.92. The Bertz CT molecular complexity index is 1150. The number of methoxy groups -OCH3 is 2. The molecular weight excluding hydrogens is 422 g/mol. The van der Waals surface area contributed by atoms with Gasteiger partial charge in [-0.1, -0.05) is 18.2 Å². The van der Waals surface area contributed by atoms with Crippen molar-refractivity contribution in [1.82, 2.24) is 5.43 Å². The maximum absolute atomic E-state index is 13.4. The number of ether oxygens (including phenoxy) is 2. The molecule has 3 rings (SSSR count). The van der Waals surface area contributed by atoms with Gasteiger partial charge in [0.1, 0.15) is 23.8 Å². The van der Waals surface area contributed by atoms with Gasteiger partial charge in [-0.05, 0) is 36.4 Å². The Morgan fingerprint density at radius 1 is 1.10 bits per heavy atom. The lowest BCUT2D eigenvalue weighted by atomic mass is 10.2. The maximum Gasteiger partial charge on any atom is 0.264 e. The highest BCUT2D eigenvalue weighted by Crippen LogP contribution is 2.35. The van der Waals surface area contributed by atoms with E-state index in [0.717, 1.165) is 4.31 Å². The molecule has 162 valence electrons. The zero-order valence-electron chi connectivity index (χ0n) is 16.9. The van der Waals surface area contributed by atoms with Crippen LogP contribution >= 0.6 is 0 Å². The van der Waals surface area contributed by atoms with Gasteiger partial charge in [0, 0.05) is 6.07 Å². The van der Waals surface area contributed by atoms with E-state index in [1.165, 1.54) is 51.0 Å². The number of amides is 1. The van der Waals surface area contributed by atoms with Gasteiger partial charge in [0.05, 0.1) is 37.3 Å². The minimum atomic E-state index is -4.09. The van der Waals surface area contributed by atoms with Gasteiger partial charge < -0.3 is 13.9 Å². The SMILES string of the molecule is COc1ccc(N(CC(=O)N/N=C\c2ccco2)S(=O)(=O)c2ccccc2)c(OC)c1. The number of hydrogen-bond acceptors (Lipinski definition) is 7. The highest BCUT2D eigenvalue weighted by atomic mass is 32.2. The molecule has 0 bridgehead atoms. The fourth-order valence-corrected chi connectivity index (χ4v) is 4.16. The number of carbonyl (C=O) groups is 1. The average molecular weight is 443 g/mol. The summed E-state index contributed by atoms with van der Waals surface area (Å²) in [4.78, 5) is 12.6. The van der Waals surface area contributed by atoms with Crippen LogP contribution in [-0.4, -0.2) is 41.3 Å². The molecule has 1 N–H and O–H groups in total. The molecule has 0 aliphatic rings. The predicted octanol–water partition coefficient (Wildman–Crippen LogP) is 2.64. The second-order valence-corrected chi connectivity index (χ2v) is 8.03. The molecule has 0 saturated carbocycles. The first-order chi connectivity index (χ1) is 15.0. The fraction of sp³-hybridized carbons (Fsp3) is 0.143. The smallest absolute Gasteiger partial charge is 0.264 e. The lowest BCUT2D eigenvalue weighted by Gasteiger charge is -2.25. The summed E-state index contributed by atoms with van der Waals surface area (Å²) in [5.74, 6) is 0.488. The number of hydrazone groups is 1. The van der Waals surface area contributed by atoms with E-state index in [0.29, 0.717) is 11.5 Å². The van der Waals surface area contributed by atoms with Gasteiger partial charge in [-0.3, -0.25) is 9.10 Å². The second kappa shape index (κ2) is 9.81. The lowest BCUT2D eigenvalue weighted by Crippen LogP contribution is -2.39. The molecule has 1 amide bonds. The summed E-state index contributed by atoms with van der Waals surface area (Å²) in [7, 11) is -1.20. The van der Waals surface area contributed by atoms with E-state index >= 15 is 0 Å². The Hall–Kier alpha value is -3.79. The van der Waals surface area contributed by atoms with Crippen molar-refractivity contribution >= 4 is 27.8 Å². The lowest BCUT2D eigenvalue weighted by molar-refractivity contribution is -0.119. The summed E-state index contributed by atoms with van der Waals surface area (Å²) in [5.41, 5.74) is 2.48. The van der Waals surface area contributed by atoms with Crippen LogP contribution in [0.4, 0.5) is 5.69 Å². The van der Waals surface area contributed by atoms with Crippen LogP contribution < -0.4 is 19.2 Å². The Labute approximate surface area is 179 Å². The van der Waals surface area contributed by atoms with Gasteiger partial charge in [-0.2, -0.15) is 5.10 Å². The Balaban J connectivity index is 1.94. The molecule has 0 aliphatic carbocycles. The molecule has 0 saturated heterocycles. The van der Waals surface area contributed by atoms with E-state index in [4.69, 9.17) is 13.9 Å². The molecule has 3 aromatic rings. The van der Waals surface area contributed by atoms with Crippen LogP contribution in [-0.2, 0) is 14.8 Å². The molecular formula is C21H21N3O6S. The number of carbonyl (C=O) groups excluding carboxylic acids is 1. The minimum Gasteiger partial charge on any atom is -0.497 e. The molecule has 0 spiro atoms. The number of sulfonamides is 1. The average Bonchev–Trinajstić information content (AvgIpc) is 3.31. The number of furan rings is 1. The second-order valence-electron chi connectivity index (χ2n) is 6.17. The van der Waals surface area contributed by atoms with Gasteiger partial charge >= 0.3 is 0 Å². The van der Waals surface area contributed by atoms with Crippen LogP contribution in [0, 0.1) is 0 Å². The van der Waals surface area contributed by atoms with Crippen molar-refractivity contribution in [3.05, 3.63) is 72.7 Å². The van der Waals surface area contributed by atoms with E-state index < -0.39 is 22.5 Å². The zero-order chi connectivity index (χ0) is 22.3. The summed E-state index contributed by atoms with van der Waals surface area (Å²) < 4.78 is 43.3. The van der Waals surface area contributed by atoms with Crippen LogP contribution in [0.3, 0.4) is 0 Å². The molecule has 2 aromatic carbocycles.